The van der Waals surface area contributed by atoms with Crippen molar-refractivity contribution in [3.05, 3.63) is 41.7 Å². The van der Waals surface area contributed by atoms with Crippen LogP contribution in [0.2, 0.25) is 0 Å². The van der Waals surface area contributed by atoms with Gasteiger partial charge in [-0.25, -0.2) is 13.2 Å². The van der Waals surface area contributed by atoms with Crippen molar-refractivity contribution >= 4 is 21.9 Å². The molecule has 10 nitrogen and oxygen atoms in total. The first-order chi connectivity index (χ1) is 16.2. The van der Waals surface area contributed by atoms with Crippen LogP contribution in [0.4, 0.5) is 0 Å². The molecule has 1 aliphatic rings. The smallest absolute Gasteiger partial charge is 0.374 e. The van der Waals surface area contributed by atoms with E-state index < -0.39 is 16.0 Å². The zero-order valence-electron chi connectivity index (χ0n) is 19.7. The molecular weight excluding hydrogens is 464 g/mol. The van der Waals surface area contributed by atoms with Gasteiger partial charge in [0.05, 0.1) is 26.9 Å². The molecule has 1 N–H and O–H groups in total. The number of methoxy groups -OCH3 is 2. The Hall–Kier alpha value is -3.05. The quantitative estimate of drug-likeness (QED) is 0.528. The van der Waals surface area contributed by atoms with Crippen LogP contribution in [0.3, 0.4) is 0 Å². The minimum absolute atomic E-state index is 0.148. The standard InChI is InChI=1S/C23H30N2O8S/c1-5-32-23(27)19-8-9-21(33-19)34(28,29)25-12-10-16(11-13-25)22(26)24-15(2)18-7-6-17(30-3)14-20(18)31-4/h6-9,14-16H,5,10-13H2,1-4H3,(H,24,26). The van der Waals surface area contributed by atoms with Gasteiger partial charge in [0, 0.05) is 30.6 Å². The molecule has 1 atom stereocenters. The number of esters is 1. The Labute approximate surface area is 199 Å². The summed E-state index contributed by atoms with van der Waals surface area (Å²) in [7, 11) is -0.802. The van der Waals surface area contributed by atoms with Crippen LogP contribution in [0.5, 0.6) is 11.5 Å². The van der Waals surface area contributed by atoms with Gasteiger partial charge in [-0.15, -0.1) is 0 Å². The monoisotopic (exact) mass is 494 g/mol. The molecule has 0 radical (unpaired) electrons. The highest BCUT2D eigenvalue weighted by Crippen LogP contribution is 2.30. The van der Waals surface area contributed by atoms with Crippen molar-refractivity contribution in [1.29, 1.82) is 0 Å². The third-order valence-electron chi connectivity index (χ3n) is 5.74. The highest BCUT2D eigenvalue weighted by atomic mass is 32.2. The molecule has 1 fully saturated rings. The summed E-state index contributed by atoms with van der Waals surface area (Å²) in [5.41, 5.74) is 0.812. The molecule has 1 amide bonds. The molecule has 34 heavy (non-hydrogen) atoms. The number of hydrogen-bond donors (Lipinski definition) is 1. The Kier molecular flexibility index (Phi) is 8.21. The number of piperidine rings is 1. The third kappa shape index (κ3) is 5.53. The molecule has 2 aromatic rings. The number of furan rings is 1. The first-order valence-corrected chi connectivity index (χ1v) is 12.4. The van der Waals surface area contributed by atoms with Crippen LogP contribution in [0.15, 0.2) is 39.8 Å². The second kappa shape index (κ2) is 10.9. The predicted octanol–water partition coefficient (Wildman–Crippen LogP) is 2.75. The molecule has 186 valence electrons. The number of hydrogen-bond acceptors (Lipinski definition) is 8. The van der Waals surface area contributed by atoms with Gasteiger partial charge >= 0.3 is 5.97 Å². The lowest BCUT2D eigenvalue weighted by Gasteiger charge is -2.30. The Morgan fingerprint density at radius 2 is 1.85 bits per heavy atom. The number of carbonyl (C=O) groups excluding carboxylic acids is 2. The Balaban J connectivity index is 1.60. The van der Waals surface area contributed by atoms with Gasteiger partial charge in [-0.1, -0.05) is 0 Å². The largest absolute Gasteiger partial charge is 0.497 e. The summed E-state index contributed by atoms with van der Waals surface area (Å²) in [5.74, 6) is -0.109. The summed E-state index contributed by atoms with van der Waals surface area (Å²) < 4.78 is 47.7. The van der Waals surface area contributed by atoms with E-state index in [1.165, 1.54) is 16.4 Å². The molecule has 1 unspecified atom stereocenters. The van der Waals surface area contributed by atoms with E-state index in [1.54, 1.807) is 33.3 Å². The van der Waals surface area contributed by atoms with Gasteiger partial charge in [-0.3, -0.25) is 4.79 Å². The molecule has 3 rings (SSSR count). The minimum Gasteiger partial charge on any atom is -0.497 e. The second-order valence-corrected chi connectivity index (χ2v) is 9.72. The lowest BCUT2D eigenvalue weighted by atomic mass is 9.96. The molecule has 1 aliphatic heterocycles. The zero-order chi connectivity index (χ0) is 24.9. The molecule has 11 heteroatoms. The van der Waals surface area contributed by atoms with Crippen LogP contribution in [0, 0.1) is 5.92 Å². The maximum absolute atomic E-state index is 12.9. The fraction of sp³-hybridized carbons (Fsp3) is 0.478. The van der Waals surface area contributed by atoms with Crippen LogP contribution in [0.1, 0.15) is 48.8 Å². The zero-order valence-corrected chi connectivity index (χ0v) is 20.5. The highest BCUT2D eigenvalue weighted by molar-refractivity contribution is 7.89. The van der Waals surface area contributed by atoms with Gasteiger partial charge < -0.3 is 23.9 Å². The van der Waals surface area contributed by atoms with Crippen molar-refractivity contribution in [2.45, 2.75) is 37.8 Å². The molecule has 1 aromatic carbocycles. The SMILES string of the molecule is CCOC(=O)c1ccc(S(=O)(=O)N2CCC(C(=O)NC(C)c3ccc(OC)cc3OC)CC2)o1. The average Bonchev–Trinajstić information content (AvgIpc) is 3.35. The Bertz CT molecular complexity index is 1120. The fourth-order valence-electron chi connectivity index (χ4n) is 3.84. The number of nitrogens with zero attached hydrogens (tertiary/aromatic N) is 1. The first-order valence-electron chi connectivity index (χ1n) is 11.0. The van der Waals surface area contributed by atoms with Crippen LogP contribution in [-0.4, -0.2) is 58.5 Å². The lowest BCUT2D eigenvalue weighted by molar-refractivity contribution is -0.126. The predicted molar refractivity (Wildman–Crippen MR) is 122 cm³/mol. The summed E-state index contributed by atoms with van der Waals surface area (Å²) in [6, 6.07) is 7.60. The van der Waals surface area contributed by atoms with Crippen LogP contribution in [0.25, 0.3) is 0 Å². The van der Waals surface area contributed by atoms with E-state index >= 15 is 0 Å². The summed E-state index contributed by atoms with van der Waals surface area (Å²) >= 11 is 0. The summed E-state index contributed by atoms with van der Waals surface area (Å²) in [6.07, 6.45) is 0.728. The number of nitrogens with one attached hydrogen (secondary N) is 1. The molecule has 0 spiro atoms. The number of amides is 1. The van der Waals surface area contributed by atoms with E-state index in [4.69, 9.17) is 18.6 Å². The van der Waals surface area contributed by atoms with E-state index in [-0.39, 0.29) is 48.4 Å². The summed E-state index contributed by atoms with van der Waals surface area (Å²) in [4.78, 5) is 24.6. The number of benzene rings is 1. The van der Waals surface area contributed by atoms with Gasteiger partial charge in [0.1, 0.15) is 11.5 Å². The van der Waals surface area contributed by atoms with Gasteiger partial charge in [-0.05, 0) is 51.0 Å². The fourth-order valence-corrected chi connectivity index (χ4v) is 5.22. The van der Waals surface area contributed by atoms with Crippen molar-refractivity contribution in [1.82, 2.24) is 9.62 Å². The molecule has 0 bridgehead atoms. The Morgan fingerprint density at radius 3 is 2.47 bits per heavy atom. The average molecular weight is 495 g/mol. The van der Waals surface area contributed by atoms with E-state index in [9.17, 15) is 18.0 Å². The topological polar surface area (TPSA) is 124 Å². The number of carbonyl (C=O) groups is 2. The molecule has 1 saturated heterocycles. The van der Waals surface area contributed by atoms with Gasteiger partial charge in [-0.2, -0.15) is 4.31 Å². The first kappa shape index (κ1) is 25.6. The van der Waals surface area contributed by atoms with Crippen molar-refractivity contribution in [3.8, 4) is 11.5 Å². The van der Waals surface area contributed by atoms with Gasteiger partial charge in [0.15, 0.2) is 0 Å². The molecular formula is C23H30N2O8S. The van der Waals surface area contributed by atoms with E-state index in [0.717, 1.165) is 5.56 Å². The van der Waals surface area contributed by atoms with Gasteiger partial charge in [0.2, 0.25) is 16.8 Å². The number of rotatable bonds is 9. The third-order valence-corrected chi connectivity index (χ3v) is 7.52. The van der Waals surface area contributed by atoms with Gasteiger partial charge in [0.25, 0.3) is 10.0 Å². The maximum atomic E-state index is 12.9. The van der Waals surface area contributed by atoms with E-state index in [1.807, 2.05) is 13.0 Å². The molecule has 1 aromatic heterocycles. The normalized spacial score (nSPS) is 16.0. The molecule has 2 heterocycles. The van der Waals surface area contributed by atoms with Crippen molar-refractivity contribution in [3.63, 3.8) is 0 Å². The summed E-state index contributed by atoms with van der Waals surface area (Å²) in [5, 5.41) is 2.67. The second-order valence-electron chi connectivity index (χ2n) is 7.86. The van der Waals surface area contributed by atoms with Crippen LogP contribution in [-0.2, 0) is 19.6 Å². The summed E-state index contributed by atoms with van der Waals surface area (Å²) in [6.45, 7) is 3.99. The van der Waals surface area contributed by atoms with E-state index in [2.05, 4.69) is 5.32 Å². The molecule has 0 saturated carbocycles. The van der Waals surface area contributed by atoms with Crippen molar-refractivity contribution in [2.75, 3.05) is 33.9 Å². The van der Waals surface area contributed by atoms with E-state index in [0.29, 0.717) is 24.3 Å². The van der Waals surface area contributed by atoms with Crippen molar-refractivity contribution in [2.24, 2.45) is 5.92 Å². The van der Waals surface area contributed by atoms with Crippen LogP contribution >= 0.6 is 0 Å². The number of sulfonamides is 1. The molecule has 0 aliphatic carbocycles. The highest BCUT2D eigenvalue weighted by Gasteiger charge is 2.34. The minimum atomic E-state index is -3.92. The van der Waals surface area contributed by atoms with Crippen molar-refractivity contribution < 1.29 is 36.6 Å². The number of ether oxygens (including phenoxy) is 3. The lowest BCUT2D eigenvalue weighted by Crippen LogP contribution is -2.43. The van der Waals surface area contributed by atoms with Crippen LogP contribution < -0.4 is 14.8 Å². The maximum Gasteiger partial charge on any atom is 0.374 e. The Morgan fingerprint density at radius 1 is 1.15 bits per heavy atom.